The highest BCUT2D eigenvalue weighted by atomic mass is 79.9. The fraction of sp³-hybridized carbons (Fsp3) is 0.333. The number of amides is 1. The molecule has 0 fully saturated rings. The SMILES string of the molecule is Cc1cc(CN(C)C(=O)c2cc(C)c(Br)s2)no1. The average molecular weight is 329 g/mol. The summed E-state index contributed by atoms with van der Waals surface area (Å²) in [7, 11) is 1.76. The molecular formula is C12H13BrN2O2S. The molecule has 18 heavy (non-hydrogen) atoms. The maximum absolute atomic E-state index is 12.2. The van der Waals surface area contributed by atoms with Crippen LogP contribution in [0, 0.1) is 13.8 Å². The number of rotatable bonds is 3. The van der Waals surface area contributed by atoms with Crippen LogP contribution in [-0.2, 0) is 6.54 Å². The normalized spacial score (nSPS) is 10.7. The Morgan fingerprint density at radius 1 is 1.50 bits per heavy atom. The van der Waals surface area contributed by atoms with Gasteiger partial charge >= 0.3 is 0 Å². The summed E-state index contributed by atoms with van der Waals surface area (Å²) in [6.45, 7) is 4.25. The van der Waals surface area contributed by atoms with Crippen molar-refractivity contribution in [2.24, 2.45) is 0 Å². The minimum atomic E-state index is -0.00514. The van der Waals surface area contributed by atoms with E-state index in [-0.39, 0.29) is 5.91 Å². The molecule has 0 saturated heterocycles. The standard InChI is InChI=1S/C12H13BrN2O2S/c1-7-4-10(18-11(7)13)12(16)15(3)6-9-5-8(2)17-14-9/h4-5H,6H2,1-3H3. The molecule has 0 bridgehead atoms. The molecule has 0 saturated carbocycles. The Bertz CT molecular complexity index is 557. The number of thiophene rings is 1. The maximum atomic E-state index is 12.2. The van der Waals surface area contributed by atoms with Crippen molar-refractivity contribution in [2.45, 2.75) is 20.4 Å². The Labute approximate surface area is 118 Å². The molecule has 0 atom stereocenters. The van der Waals surface area contributed by atoms with Crippen LogP contribution in [0.15, 0.2) is 20.4 Å². The molecule has 2 aromatic rings. The zero-order valence-electron chi connectivity index (χ0n) is 10.4. The monoisotopic (exact) mass is 328 g/mol. The van der Waals surface area contributed by atoms with E-state index in [0.29, 0.717) is 6.54 Å². The van der Waals surface area contributed by atoms with E-state index in [4.69, 9.17) is 4.52 Å². The molecule has 6 heteroatoms. The van der Waals surface area contributed by atoms with Crippen molar-refractivity contribution in [3.05, 3.63) is 37.8 Å². The lowest BCUT2D eigenvalue weighted by molar-refractivity contribution is 0.0787. The first-order chi connectivity index (χ1) is 8.47. The largest absolute Gasteiger partial charge is 0.361 e. The van der Waals surface area contributed by atoms with Crippen LogP contribution in [0.2, 0.25) is 0 Å². The molecule has 0 unspecified atom stereocenters. The number of halogens is 1. The third-order valence-corrected chi connectivity index (χ3v) is 4.62. The number of hydrogen-bond donors (Lipinski definition) is 0. The van der Waals surface area contributed by atoms with Gasteiger partial charge in [-0.3, -0.25) is 4.79 Å². The second-order valence-electron chi connectivity index (χ2n) is 4.16. The minimum Gasteiger partial charge on any atom is -0.361 e. The topological polar surface area (TPSA) is 46.3 Å². The summed E-state index contributed by atoms with van der Waals surface area (Å²) in [4.78, 5) is 14.5. The molecule has 96 valence electrons. The average Bonchev–Trinajstić information content (AvgIpc) is 2.85. The summed E-state index contributed by atoms with van der Waals surface area (Å²) in [6, 6.07) is 3.72. The van der Waals surface area contributed by atoms with Crippen molar-refractivity contribution < 1.29 is 9.32 Å². The van der Waals surface area contributed by atoms with Gasteiger partial charge in [0.2, 0.25) is 0 Å². The molecule has 0 aliphatic heterocycles. The fourth-order valence-electron chi connectivity index (χ4n) is 1.56. The summed E-state index contributed by atoms with van der Waals surface area (Å²) >= 11 is 4.87. The van der Waals surface area contributed by atoms with Gasteiger partial charge in [-0.15, -0.1) is 11.3 Å². The summed E-state index contributed by atoms with van der Waals surface area (Å²) in [5.74, 6) is 0.745. The zero-order chi connectivity index (χ0) is 13.3. The van der Waals surface area contributed by atoms with Gasteiger partial charge in [0.25, 0.3) is 5.91 Å². The van der Waals surface area contributed by atoms with Crippen molar-refractivity contribution in [3.8, 4) is 0 Å². The second-order valence-corrected chi connectivity index (χ2v) is 6.53. The van der Waals surface area contributed by atoms with Gasteiger partial charge in [-0.1, -0.05) is 5.16 Å². The van der Waals surface area contributed by atoms with E-state index < -0.39 is 0 Å². The van der Waals surface area contributed by atoms with Gasteiger partial charge in [-0.2, -0.15) is 0 Å². The highest BCUT2D eigenvalue weighted by molar-refractivity contribution is 9.11. The Hall–Kier alpha value is -1.14. The second kappa shape index (κ2) is 5.24. The van der Waals surface area contributed by atoms with Crippen LogP contribution in [0.5, 0.6) is 0 Å². The summed E-state index contributed by atoms with van der Waals surface area (Å²) in [6.07, 6.45) is 0. The van der Waals surface area contributed by atoms with Crippen LogP contribution in [-0.4, -0.2) is 23.0 Å². The van der Waals surface area contributed by atoms with E-state index in [2.05, 4.69) is 21.1 Å². The predicted molar refractivity (Wildman–Crippen MR) is 73.8 cm³/mol. The zero-order valence-corrected chi connectivity index (χ0v) is 12.8. The third-order valence-electron chi connectivity index (χ3n) is 2.49. The third kappa shape index (κ3) is 2.81. The molecule has 0 spiro atoms. The van der Waals surface area contributed by atoms with Crippen LogP contribution >= 0.6 is 27.3 Å². The number of aryl methyl sites for hydroxylation is 2. The van der Waals surface area contributed by atoms with E-state index in [1.807, 2.05) is 26.0 Å². The summed E-state index contributed by atoms with van der Waals surface area (Å²) in [5, 5.41) is 3.88. The van der Waals surface area contributed by atoms with Gasteiger partial charge < -0.3 is 9.42 Å². The van der Waals surface area contributed by atoms with Crippen LogP contribution in [0.25, 0.3) is 0 Å². The molecule has 2 heterocycles. The molecule has 0 aliphatic rings. The van der Waals surface area contributed by atoms with Crippen molar-refractivity contribution in [1.29, 1.82) is 0 Å². The lowest BCUT2D eigenvalue weighted by Crippen LogP contribution is -2.25. The molecule has 2 aromatic heterocycles. The summed E-state index contributed by atoms with van der Waals surface area (Å²) in [5.41, 5.74) is 1.84. The lowest BCUT2D eigenvalue weighted by Gasteiger charge is -2.13. The Morgan fingerprint density at radius 2 is 2.22 bits per heavy atom. The number of nitrogens with zero attached hydrogens (tertiary/aromatic N) is 2. The van der Waals surface area contributed by atoms with Crippen LogP contribution < -0.4 is 0 Å². The van der Waals surface area contributed by atoms with Gasteiger partial charge in [0.1, 0.15) is 11.5 Å². The minimum absolute atomic E-state index is 0.00514. The number of carbonyl (C=O) groups is 1. The van der Waals surface area contributed by atoms with Gasteiger partial charge in [0.15, 0.2) is 0 Å². The molecule has 1 amide bonds. The van der Waals surface area contributed by atoms with E-state index >= 15 is 0 Å². The van der Waals surface area contributed by atoms with Gasteiger partial charge in [-0.05, 0) is 41.4 Å². The number of hydrogen-bond acceptors (Lipinski definition) is 4. The highest BCUT2D eigenvalue weighted by Crippen LogP contribution is 2.28. The smallest absolute Gasteiger partial charge is 0.264 e. The molecular weight excluding hydrogens is 316 g/mol. The Morgan fingerprint density at radius 3 is 2.72 bits per heavy atom. The molecule has 0 aliphatic carbocycles. The Kier molecular flexibility index (Phi) is 3.87. The highest BCUT2D eigenvalue weighted by Gasteiger charge is 2.16. The molecule has 0 radical (unpaired) electrons. The quantitative estimate of drug-likeness (QED) is 0.867. The molecule has 4 nitrogen and oxygen atoms in total. The van der Waals surface area contributed by atoms with Gasteiger partial charge in [0, 0.05) is 13.1 Å². The van der Waals surface area contributed by atoms with Crippen LogP contribution in [0.4, 0.5) is 0 Å². The lowest BCUT2D eigenvalue weighted by atomic mass is 10.3. The Balaban J connectivity index is 2.09. The fourth-order valence-corrected chi connectivity index (χ4v) is 3.09. The van der Waals surface area contributed by atoms with Crippen molar-refractivity contribution in [2.75, 3.05) is 7.05 Å². The van der Waals surface area contributed by atoms with Crippen molar-refractivity contribution in [3.63, 3.8) is 0 Å². The molecule has 2 rings (SSSR count). The molecule has 0 aromatic carbocycles. The molecule has 0 N–H and O–H groups in total. The number of carbonyl (C=O) groups excluding carboxylic acids is 1. The van der Waals surface area contributed by atoms with Gasteiger partial charge in [-0.25, -0.2) is 0 Å². The van der Waals surface area contributed by atoms with E-state index in [1.54, 1.807) is 11.9 Å². The first-order valence-electron chi connectivity index (χ1n) is 5.41. The van der Waals surface area contributed by atoms with E-state index in [0.717, 1.165) is 25.7 Å². The van der Waals surface area contributed by atoms with Gasteiger partial charge in [0.05, 0.1) is 15.2 Å². The van der Waals surface area contributed by atoms with Crippen molar-refractivity contribution in [1.82, 2.24) is 10.1 Å². The maximum Gasteiger partial charge on any atom is 0.264 e. The van der Waals surface area contributed by atoms with Crippen molar-refractivity contribution >= 4 is 33.2 Å². The number of aromatic nitrogens is 1. The van der Waals surface area contributed by atoms with E-state index in [1.165, 1.54) is 11.3 Å². The predicted octanol–water partition coefficient (Wildman–Crippen LogP) is 3.39. The summed E-state index contributed by atoms with van der Waals surface area (Å²) < 4.78 is 5.98. The first-order valence-corrected chi connectivity index (χ1v) is 7.02. The van der Waals surface area contributed by atoms with E-state index in [9.17, 15) is 4.79 Å². The van der Waals surface area contributed by atoms with Crippen LogP contribution in [0.1, 0.15) is 26.7 Å². The first kappa shape index (κ1) is 13.3. The van der Waals surface area contributed by atoms with Crippen LogP contribution in [0.3, 0.4) is 0 Å².